The van der Waals surface area contributed by atoms with Gasteiger partial charge in [0.25, 0.3) is 0 Å². The second-order valence-corrected chi connectivity index (χ2v) is 2.90. The third-order valence-corrected chi connectivity index (χ3v) is 1.35. The van der Waals surface area contributed by atoms with Crippen LogP contribution >= 0.6 is 0 Å². The minimum Gasteiger partial charge on any atom is -0.198 e. The van der Waals surface area contributed by atoms with Gasteiger partial charge < -0.3 is 0 Å². The highest BCUT2D eigenvalue weighted by Gasteiger charge is 1.84. The van der Waals surface area contributed by atoms with E-state index in [1.807, 2.05) is 6.92 Å². The standard InChI is InChI=1S/C10H15N/c1-9(2)5-4-6-10(3)7-8-11/h5-6H,4,7H2,1-3H3/b10-6+. The minimum absolute atomic E-state index is 0.552. The molecule has 0 amide bonds. The second kappa shape index (κ2) is 5.73. The maximum absolute atomic E-state index is 8.34. The van der Waals surface area contributed by atoms with Crippen LogP contribution in [0.25, 0.3) is 0 Å². The van der Waals surface area contributed by atoms with Gasteiger partial charge in [-0.15, -0.1) is 0 Å². The smallest absolute Gasteiger partial charge is 0.0666 e. The lowest BCUT2D eigenvalue weighted by molar-refractivity contribution is 1.16. The minimum atomic E-state index is 0.552. The maximum Gasteiger partial charge on any atom is 0.0666 e. The normalized spacial score (nSPS) is 10.5. The molecule has 0 aromatic carbocycles. The van der Waals surface area contributed by atoms with Crippen LogP contribution in [0.2, 0.25) is 0 Å². The predicted octanol–water partition coefficient (Wildman–Crippen LogP) is 3.20. The predicted molar refractivity (Wildman–Crippen MR) is 48.0 cm³/mol. The Bertz CT molecular complexity index is 199. The van der Waals surface area contributed by atoms with E-state index in [0.29, 0.717) is 6.42 Å². The fourth-order valence-electron chi connectivity index (χ4n) is 0.693. The van der Waals surface area contributed by atoms with E-state index in [9.17, 15) is 0 Å². The van der Waals surface area contributed by atoms with Gasteiger partial charge in [0, 0.05) is 0 Å². The molecule has 0 heterocycles. The van der Waals surface area contributed by atoms with Crippen LogP contribution in [0.3, 0.4) is 0 Å². The van der Waals surface area contributed by atoms with Crippen molar-refractivity contribution in [1.82, 2.24) is 0 Å². The van der Waals surface area contributed by atoms with Gasteiger partial charge >= 0.3 is 0 Å². The first-order chi connectivity index (χ1) is 5.16. The van der Waals surface area contributed by atoms with Crippen molar-refractivity contribution in [2.24, 2.45) is 0 Å². The van der Waals surface area contributed by atoms with Crippen LogP contribution in [0.1, 0.15) is 33.6 Å². The third kappa shape index (κ3) is 6.86. The van der Waals surface area contributed by atoms with E-state index in [-0.39, 0.29) is 0 Å². The molecular weight excluding hydrogens is 134 g/mol. The van der Waals surface area contributed by atoms with Gasteiger partial charge in [0.2, 0.25) is 0 Å². The summed E-state index contributed by atoms with van der Waals surface area (Å²) in [5.41, 5.74) is 2.48. The SMILES string of the molecule is CC(C)=CC/C=C(\C)CC#N. The molecule has 11 heavy (non-hydrogen) atoms. The first kappa shape index (κ1) is 9.97. The van der Waals surface area contributed by atoms with Crippen molar-refractivity contribution in [2.45, 2.75) is 33.6 Å². The van der Waals surface area contributed by atoms with E-state index in [4.69, 9.17) is 5.26 Å². The maximum atomic E-state index is 8.34. The van der Waals surface area contributed by atoms with Crippen molar-refractivity contribution in [3.05, 3.63) is 23.3 Å². The fourth-order valence-corrected chi connectivity index (χ4v) is 0.693. The van der Waals surface area contributed by atoms with Gasteiger partial charge in [-0.2, -0.15) is 5.26 Å². The Balaban J connectivity index is 3.76. The number of nitriles is 1. The van der Waals surface area contributed by atoms with Crippen LogP contribution in [0.4, 0.5) is 0 Å². The first-order valence-electron chi connectivity index (χ1n) is 3.82. The summed E-state index contributed by atoms with van der Waals surface area (Å²) in [4.78, 5) is 0. The van der Waals surface area contributed by atoms with Crippen LogP contribution in [0.15, 0.2) is 23.3 Å². The molecule has 0 N–H and O–H groups in total. The summed E-state index contributed by atoms with van der Waals surface area (Å²) in [5, 5.41) is 8.34. The molecule has 0 bridgehead atoms. The molecule has 0 saturated heterocycles. The van der Waals surface area contributed by atoms with Crippen molar-refractivity contribution in [3.63, 3.8) is 0 Å². The van der Waals surface area contributed by atoms with E-state index in [0.717, 1.165) is 12.0 Å². The second-order valence-electron chi connectivity index (χ2n) is 2.90. The Hall–Kier alpha value is -1.03. The van der Waals surface area contributed by atoms with E-state index in [1.54, 1.807) is 0 Å². The number of nitrogens with zero attached hydrogens (tertiary/aromatic N) is 1. The molecule has 0 aliphatic carbocycles. The Morgan fingerprint density at radius 1 is 1.27 bits per heavy atom. The Morgan fingerprint density at radius 3 is 2.36 bits per heavy atom. The van der Waals surface area contributed by atoms with Crippen molar-refractivity contribution in [3.8, 4) is 6.07 Å². The highest BCUT2D eigenvalue weighted by Crippen LogP contribution is 2.01. The van der Waals surface area contributed by atoms with Crippen LogP contribution in [-0.2, 0) is 0 Å². The molecule has 0 aromatic heterocycles. The highest BCUT2D eigenvalue weighted by atomic mass is 14.2. The Morgan fingerprint density at radius 2 is 1.91 bits per heavy atom. The zero-order valence-corrected chi connectivity index (χ0v) is 7.52. The van der Waals surface area contributed by atoms with Crippen LogP contribution in [0, 0.1) is 11.3 Å². The molecule has 0 spiro atoms. The molecule has 0 saturated carbocycles. The van der Waals surface area contributed by atoms with Crippen LogP contribution in [-0.4, -0.2) is 0 Å². The molecule has 1 nitrogen and oxygen atoms in total. The van der Waals surface area contributed by atoms with Crippen molar-refractivity contribution in [2.75, 3.05) is 0 Å². The van der Waals surface area contributed by atoms with Gasteiger partial charge in [0.15, 0.2) is 0 Å². The molecule has 0 aliphatic rings. The van der Waals surface area contributed by atoms with Gasteiger partial charge in [0.1, 0.15) is 0 Å². The van der Waals surface area contributed by atoms with E-state index < -0.39 is 0 Å². The van der Waals surface area contributed by atoms with Crippen molar-refractivity contribution < 1.29 is 0 Å². The number of rotatable bonds is 3. The number of hydrogen-bond acceptors (Lipinski definition) is 1. The molecule has 0 unspecified atom stereocenters. The Kier molecular flexibility index (Phi) is 5.20. The van der Waals surface area contributed by atoms with E-state index >= 15 is 0 Å². The first-order valence-corrected chi connectivity index (χ1v) is 3.82. The summed E-state index contributed by atoms with van der Waals surface area (Å²) >= 11 is 0. The zero-order valence-electron chi connectivity index (χ0n) is 7.52. The molecular formula is C10H15N. The molecule has 0 aromatic rings. The summed E-state index contributed by atoms with van der Waals surface area (Å²) in [6.07, 6.45) is 5.75. The zero-order chi connectivity index (χ0) is 8.69. The van der Waals surface area contributed by atoms with E-state index in [1.165, 1.54) is 5.57 Å². The number of allylic oxidation sites excluding steroid dienone is 4. The molecule has 0 fully saturated rings. The van der Waals surface area contributed by atoms with Crippen LogP contribution < -0.4 is 0 Å². The summed E-state index contributed by atoms with van der Waals surface area (Å²) in [5.74, 6) is 0. The molecule has 0 radical (unpaired) electrons. The topological polar surface area (TPSA) is 23.8 Å². The Labute approximate surface area is 69.0 Å². The fraction of sp³-hybridized carbons (Fsp3) is 0.500. The summed E-state index contributed by atoms with van der Waals surface area (Å²) < 4.78 is 0. The van der Waals surface area contributed by atoms with Gasteiger partial charge in [0.05, 0.1) is 12.5 Å². The quantitative estimate of drug-likeness (QED) is 0.565. The van der Waals surface area contributed by atoms with Crippen molar-refractivity contribution >= 4 is 0 Å². The van der Waals surface area contributed by atoms with Gasteiger partial charge in [-0.25, -0.2) is 0 Å². The van der Waals surface area contributed by atoms with Gasteiger partial charge in [-0.05, 0) is 27.2 Å². The van der Waals surface area contributed by atoms with Crippen LogP contribution in [0.5, 0.6) is 0 Å². The average molecular weight is 149 g/mol. The largest absolute Gasteiger partial charge is 0.198 e. The molecule has 0 aliphatic heterocycles. The summed E-state index contributed by atoms with van der Waals surface area (Å²) in [6.45, 7) is 6.14. The van der Waals surface area contributed by atoms with Gasteiger partial charge in [-0.3, -0.25) is 0 Å². The van der Waals surface area contributed by atoms with Gasteiger partial charge in [-0.1, -0.05) is 23.3 Å². The monoisotopic (exact) mass is 149 g/mol. The average Bonchev–Trinajstić information content (AvgIpc) is 1.87. The third-order valence-electron chi connectivity index (χ3n) is 1.35. The van der Waals surface area contributed by atoms with Crippen molar-refractivity contribution in [1.29, 1.82) is 5.26 Å². The molecule has 0 rings (SSSR count). The highest BCUT2D eigenvalue weighted by molar-refractivity contribution is 5.08. The lowest BCUT2D eigenvalue weighted by atomic mass is 10.2. The van der Waals surface area contributed by atoms with E-state index in [2.05, 4.69) is 32.1 Å². The molecule has 1 heteroatoms. The lowest BCUT2D eigenvalue weighted by Crippen LogP contribution is -1.72. The summed E-state index contributed by atoms with van der Waals surface area (Å²) in [6, 6.07) is 2.12. The lowest BCUT2D eigenvalue weighted by Gasteiger charge is -1.90. The molecule has 0 atom stereocenters. The summed E-state index contributed by atoms with van der Waals surface area (Å²) in [7, 11) is 0. The number of hydrogen-bond donors (Lipinski definition) is 0. The molecule has 60 valence electrons.